The van der Waals surface area contributed by atoms with Gasteiger partial charge in [-0.15, -0.1) is 11.3 Å². The molecule has 0 unspecified atom stereocenters. The van der Waals surface area contributed by atoms with E-state index in [-0.39, 0.29) is 15.9 Å². The predicted molar refractivity (Wildman–Crippen MR) is 92.5 cm³/mol. The van der Waals surface area contributed by atoms with Crippen molar-refractivity contribution in [2.75, 3.05) is 0 Å². The average Bonchev–Trinajstić information content (AvgIpc) is 3.10. The van der Waals surface area contributed by atoms with Gasteiger partial charge < -0.3 is 14.2 Å². The maximum Gasteiger partial charge on any atom is 0.348 e. The lowest BCUT2D eigenvalue weighted by Crippen LogP contribution is -2.56. The van der Waals surface area contributed by atoms with Gasteiger partial charge in [0.2, 0.25) is 0 Å². The highest BCUT2D eigenvalue weighted by molar-refractivity contribution is 7.89. The predicted octanol–water partition coefficient (Wildman–Crippen LogP) is 3.30. The van der Waals surface area contributed by atoms with Crippen LogP contribution in [-0.4, -0.2) is 20.0 Å². The van der Waals surface area contributed by atoms with Crippen molar-refractivity contribution in [1.82, 2.24) is 5.32 Å². The Bertz CT molecular complexity index is 899. The standard InChI is InChI=1S/C17H17NO5S2/c19-16-13-7-6-12(23-25(20,21)15-5-4-10-24-15)11-14(13)22-17(18-16)8-2-1-3-9-17/h4-7,10-11H,1-3,8-9H2,(H,18,19). The zero-order valence-electron chi connectivity index (χ0n) is 13.4. The third-order valence-corrected chi connectivity index (χ3v) is 7.06. The van der Waals surface area contributed by atoms with E-state index in [4.69, 9.17) is 8.92 Å². The van der Waals surface area contributed by atoms with Crippen LogP contribution in [0, 0.1) is 0 Å². The zero-order chi connectivity index (χ0) is 17.5. The lowest BCUT2D eigenvalue weighted by molar-refractivity contribution is -0.00869. The number of hydrogen-bond acceptors (Lipinski definition) is 6. The smallest absolute Gasteiger partial charge is 0.348 e. The summed E-state index contributed by atoms with van der Waals surface area (Å²) in [5.41, 5.74) is -0.301. The molecule has 8 heteroatoms. The van der Waals surface area contributed by atoms with Gasteiger partial charge in [-0.2, -0.15) is 8.42 Å². The molecule has 25 heavy (non-hydrogen) atoms. The van der Waals surface area contributed by atoms with E-state index in [0.29, 0.717) is 11.3 Å². The molecule has 0 atom stereocenters. The summed E-state index contributed by atoms with van der Waals surface area (Å²) in [4.78, 5) is 12.4. The van der Waals surface area contributed by atoms with Crippen molar-refractivity contribution in [2.24, 2.45) is 0 Å². The number of amides is 1. The van der Waals surface area contributed by atoms with Crippen LogP contribution in [0.15, 0.2) is 39.9 Å². The summed E-state index contributed by atoms with van der Waals surface area (Å²) in [6.07, 6.45) is 4.58. The van der Waals surface area contributed by atoms with Crippen LogP contribution < -0.4 is 14.2 Å². The molecule has 1 aromatic heterocycles. The van der Waals surface area contributed by atoms with Gasteiger partial charge in [0.05, 0.1) is 5.56 Å². The molecule has 2 aliphatic rings. The van der Waals surface area contributed by atoms with Gasteiger partial charge in [0, 0.05) is 18.9 Å². The molecule has 2 heterocycles. The first kappa shape index (κ1) is 16.4. The highest BCUT2D eigenvalue weighted by atomic mass is 32.3. The van der Waals surface area contributed by atoms with Gasteiger partial charge in [0.1, 0.15) is 11.5 Å². The Morgan fingerprint density at radius 2 is 1.96 bits per heavy atom. The van der Waals surface area contributed by atoms with Gasteiger partial charge in [-0.1, -0.05) is 12.5 Å². The van der Waals surface area contributed by atoms with E-state index in [1.54, 1.807) is 11.4 Å². The maximum atomic E-state index is 12.4. The molecule has 1 aromatic carbocycles. The Kier molecular flexibility index (Phi) is 3.96. The highest BCUT2D eigenvalue weighted by Gasteiger charge is 2.40. The molecule has 0 radical (unpaired) electrons. The number of benzene rings is 1. The van der Waals surface area contributed by atoms with Crippen LogP contribution >= 0.6 is 11.3 Å². The monoisotopic (exact) mass is 379 g/mol. The first-order valence-corrected chi connectivity index (χ1v) is 10.4. The normalized spacial score (nSPS) is 19.0. The molecule has 1 saturated carbocycles. The molecule has 6 nitrogen and oxygen atoms in total. The summed E-state index contributed by atoms with van der Waals surface area (Å²) < 4.78 is 35.9. The fraction of sp³-hybridized carbons (Fsp3) is 0.353. The maximum absolute atomic E-state index is 12.4. The third kappa shape index (κ3) is 3.11. The highest BCUT2D eigenvalue weighted by Crippen LogP contribution is 2.38. The van der Waals surface area contributed by atoms with E-state index in [2.05, 4.69) is 5.32 Å². The second-order valence-electron chi connectivity index (χ2n) is 6.24. The number of hydrogen-bond donors (Lipinski definition) is 1. The molecular weight excluding hydrogens is 362 g/mol. The Balaban J connectivity index is 1.63. The van der Waals surface area contributed by atoms with Crippen molar-refractivity contribution in [3.05, 3.63) is 41.3 Å². The van der Waals surface area contributed by atoms with Gasteiger partial charge in [0.15, 0.2) is 9.93 Å². The minimum absolute atomic E-state index is 0.132. The Hall–Kier alpha value is -2.06. The van der Waals surface area contributed by atoms with Crippen molar-refractivity contribution in [1.29, 1.82) is 0 Å². The van der Waals surface area contributed by atoms with Gasteiger partial charge >= 0.3 is 10.1 Å². The van der Waals surface area contributed by atoms with Crippen LogP contribution in [0.5, 0.6) is 11.5 Å². The molecule has 0 bridgehead atoms. The molecule has 1 fully saturated rings. The first-order chi connectivity index (χ1) is 12.0. The van der Waals surface area contributed by atoms with Crippen molar-refractivity contribution >= 4 is 27.4 Å². The number of carbonyl (C=O) groups excluding carboxylic acids is 1. The number of ether oxygens (including phenoxy) is 1. The van der Waals surface area contributed by atoms with Crippen molar-refractivity contribution in [3.8, 4) is 11.5 Å². The Labute approximate surface area is 149 Å². The molecule has 1 spiro atoms. The second kappa shape index (κ2) is 6.03. The number of thiophene rings is 1. The lowest BCUT2D eigenvalue weighted by Gasteiger charge is -2.41. The van der Waals surface area contributed by atoms with E-state index in [9.17, 15) is 13.2 Å². The minimum atomic E-state index is -3.88. The van der Waals surface area contributed by atoms with Crippen LogP contribution in [-0.2, 0) is 10.1 Å². The summed E-state index contributed by atoms with van der Waals surface area (Å²) in [5, 5.41) is 4.63. The van der Waals surface area contributed by atoms with Crippen molar-refractivity contribution < 1.29 is 22.1 Å². The van der Waals surface area contributed by atoms with Gasteiger partial charge in [-0.05, 0) is 36.4 Å². The fourth-order valence-corrected chi connectivity index (χ4v) is 5.13. The number of fused-ring (bicyclic) bond motifs is 1. The minimum Gasteiger partial charge on any atom is -0.467 e. The molecule has 1 aliphatic heterocycles. The Morgan fingerprint density at radius 1 is 1.16 bits per heavy atom. The second-order valence-corrected chi connectivity index (χ2v) is 8.96. The third-order valence-electron chi connectivity index (χ3n) is 4.45. The average molecular weight is 379 g/mol. The molecule has 132 valence electrons. The molecule has 1 N–H and O–H groups in total. The molecule has 1 aliphatic carbocycles. The zero-order valence-corrected chi connectivity index (χ0v) is 15.0. The molecule has 4 rings (SSSR count). The van der Waals surface area contributed by atoms with Crippen LogP contribution in [0.1, 0.15) is 42.5 Å². The van der Waals surface area contributed by atoms with E-state index < -0.39 is 15.8 Å². The van der Waals surface area contributed by atoms with Crippen LogP contribution in [0.25, 0.3) is 0 Å². The van der Waals surface area contributed by atoms with Crippen molar-refractivity contribution in [2.45, 2.75) is 42.0 Å². The summed E-state index contributed by atoms with van der Waals surface area (Å²) in [5.74, 6) is 0.299. The fourth-order valence-electron chi connectivity index (χ4n) is 3.26. The number of rotatable bonds is 3. The summed E-state index contributed by atoms with van der Waals surface area (Å²) in [6.45, 7) is 0. The van der Waals surface area contributed by atoms with E-state index in [1.165, 1.54) is 24.3 Å². The van der Waals surface area contributed by atoms with E-state index in [0.717, 1.165) is 43.4 Å². The van der Waals surface area contributed by atoms with E-state index in [1.807, 2.05) is 0 Å². The molecular formula is C17H17NO5S2. The van der Waals surface area contributed by atoms with Gasteiger partial charge in [0.25, 0.3) is 5.91 Å². The largest absolute Gasteiger partial charge is 0.467 e. The molecule has 2 aromatic rings. The van der Waals surface area contributed by atoms with Gasteiger partial charge in [-0.25, -0.2) is 0 Å². The summed E-state index contributed by atoms with van der Waals surface area (Å²) in [6, 6.07) is 7.61. The van der Waals surface area contributed by atoms with E-state index >= 15 is 0 Å². The summed E-state index contributed by atoms with van der Waals surface area (Å²) in [7, 11) is -3.88. The SMILES string of the molecule is O=C1NC2(CCCCC2)Oc2cc(OS(=O)(=O)c3cccs3)ccc21. The van der Waals surface area contributed by atoms with Crippen LogP contribution in [0.2, 0.25) is 0 Å². The quantitative estimate of drug-likeness (QED) is 0.828. The van der Waals surface area contributed by atoms with Gasteiger partial charge in [-0.3, -0.25) is 4.79 Å². The van der Waals surface area contributed by atoms with Crippen LogP contribution in [0.3, 0.4) is 0 Å². The number of carbonyl (C=O) groups is 1. The summed E-state index contributed by atoms with van der Waals surface area (Å²) >= 11 is 1.09. The molecule has 0 saturated heterocycles. The number of nitrogens with one attached hydrogen (secondary N) is 1. The Morgan fingerprint density at radius 3 is 2.68 bits per heavy atom. The van der Waals surface area contributed by atoms with Crippen molar-refractivity contribution in [3.63, 3.8) is 0 Å². The first-order valence-electron chi connectivity index (χ1n) is 8.11. The van der Waals surface area contributed by atoms with Crippen LogP contribution in [0.4, 0.5) is 0 Å². The topological polar surface area (TPSA) is 81.7 Å². The lowest BCUT2D eigenvalue weighted by atomic mass is 9.90. The molecule has 1 amide bonds.